The Labute approximate surface area is 353 Å². The van der Waals surface area contributed by atoms with E-state index in [1.807, 2.05) is 115 Å². The fourth-order valence-electron chi connectivity index (χ4n) is 3.69. The summed E-state index contributed by atoms with van der Waals surface area (Å²) < 4.78 is 1.85. The van der Waals surface area contributed by atoms with Crippen molar-refractivity contribution in [3.63, 3.8) is 0 Å². The molecule has 0 aliphatic carbocycles. The van der Waals surface area contributed by atoms with Gasteiger partial charge in [-0.25, -0.2) is 15.0 Å². The molecule has 1 heterocycles. The van der Waals surface area contributed by atoms with Crippen LogP contribution in [0, 0.1) is 11.3 Å². The SMILES string of the molecule is Brc1cccc(-c2nc(-c3ccccc3)nc(-c3ccccc3)n2)c1.ClCCl.N#Cc1ccccc1.O=C(Cl)c1cccc(Br)c1.[Cl][Sb]([Cl])([Cl])([Cl])[Cl]. The standard InChI is InChI=1S/C21H14BrN3.C7H4BrClO.C7H5N.CH2Cl2.5ClH.Sb/c22-18-13-7-12-17(14-18)21-24-19(15-8-3-1-4-9-15)23-20(25-21)16-10-5-2-6-11-16;8-6-3-1-2-5(4-6)7(9)10;8-6-7-4-2-1-3-5-7;2-1-3;;;;;;/h1-14H;1-4H;1-5H;1H2;5*1H;/q;;;;;;;;;+5/p-5. The Morgan fingerprint density at radius 3 is 1.25 bits per heavy atom. The Balaban J connectivity index is 0.000000284. The van der Waals surface area contributed by atoms with Crippen molar-refractivity contribution in [3.05, 3.63) is 160 Å². The van der Waals surface area contributed by atoms with E-state index in [2.05, 4.69) is 36.8 Å². The molecule has 1 aromatic heterocycles. The fraction of sp³-hybridized carbons (Fsp3) is 0.0278. The summed E-state index contributed by atoms with van der Waals surface area (Å²) in [5.74, 6) is 2.00. The van der Waals surface area contributed by atoms with E-state index < -0.39 is 16.9 Å². The predicted molar refractivity (Wildman–Crippen MR) is 231 cm³/mol. The van der Waals surface area contributed by atoms with Crippen LogP contribution in [0.2, 0.25) is 0 Å². The van der Waals surface area contributed by atoms with Crippen LogP contribution in [0.25, 0.3) is 34.2 Å². The van der Waals surface area contributed by atoms with Gasteiger partial charge in [-0.15, -0.1) is 23.2 Å². The molecule has 0 aliphatic heterocycles. The van der Waals surface area contributed by atoms with Crippen LogP contribution in [0.5, 0.6) is 0 Å². The van der Waals surface area contributed by atoms with Crippen molar-refractivity contribution in [2.24, 2.45) is 0 Å². The zero-order valence-electron chi connectivity index (χ0n) is 26.4. The van der Waals surface area contributed by atoms with Crippen molar-refractivity contribution in [1.29, 1.82) is 5.26 Å². The van der Waals surface area contributed by atoms with E-state index in [0.717, 1.165) is 25.6 Å². The second-order valence-corrected chi connectivity index (χ2v) is 50.5. The zero-order valence-corrected chi connectivity index (χ0v) is 38.2. The van der Waals surface area contributed by atoms with Crippen LogP contribution in [0.3, 0.4) is 0 Å². The average molecular weight is 1090 g/mol. The third-order valence-corrected chi connectivity index (χ3v) is 6.94. The number of halogens is 10. The van der Waals surface area contributed by atoms with Gasteiger partial charge >= 0.3 is 55.8 Å². The Morgan fingerprint density at radius 2 is 0.923 bits per heavy atom. The van der Waals surface area contributed by atoms with Crippen LogP contribution in [0.4, 0.5) is 0 Å². The Bertz CT molecular complexity index is 1960. The number of hydrogen-bond donors (Lipinski definition) is 0. The van der Waals surface area contributed by atoms with E-state index in [9.17, 15) is 4.79 Å². The molecule has 0 fully saturated rings. The second-order valence-electron chi connectivity index (χ2n) is 9.55. The number of carbonyl (C=O) groups excluding carboxylic acids is 1. The molecular weight excluding hydrogens is 1070 g/mol. The number of nitrogens with zero attached hydrogens (tertiary/aromatic N) is 4. The maximum atomic E-state index is 10.5. The molecule has 5 nitrogen and oxygen atoms in total. The van der Waals surface area contributed by atoms with E-state index in [0.29, 0.717) is 28.6 Å². The van der Waals surface area contributed by atoms with Gasteiger partial charge in [0.05, 0.1) is 17.0 Å². The van der Waals surface area contributed by atoms with Crippen LogP contribution in [-0.2, 0) is 0 Å². The van der Waals surface area contributed by atoms with Gasteiger partial charge in [0, 0.05) is 31.2 Å². The minimum atomic E-state index is -4.33. The van der Waals surface area contributed by atoms with Gasteiger partial charge in [0.15, 0.2) is 17.5 Å². The minimum absolute atomic E-state index is 0.194. The molecule has 0 unspecified atom stereocenters. The molecule has 0 aliphatic rings. The van der Waals surface area contributed by atoms with E-state index in [1.165, 1.54) is 0 Å². The maximum absolute atomic E-state index is 10.5. The third-order valence-electron chi connectivity index (χ3n) is 5.74. The van der Waals surface area contributed by atoms with Gasteiger partial charge in [-0.3, -0.25) is 4.79 Å². The van der Waals surface area contributed by atoms with Crippen LogP contribution < -0.4 is 0 Å². The molecule has 0 saturated heterocycles. The molecule has 0 amide bonds. The van der Waals surface area contributed by atoms with Gasteiger partial charge < -0.3 is 0 Å². The first-order valence-corrected chi connectivity index (χ1v) is 33.5. The molecule has 5 aromatic carbocycles. The van der Waals surface area contributed by atoms with Crippen LogP contribution in [0.15, 0.2) is 148 Å². The normalized spacial score (nSPS) is 10.7. The topological polar surface area (TPSA) is 79.5 Å². The number of alkyl halides is 2. The molecular formula is C36H25Br2Cl8N4OSb. The first-order chi connectivity index (χ1) is 24.6. The summed E-state index contributed by atoms with van der Waals surface area (Å²) in [7, 11) is 25.2. The molecule has 270 valence electrons. The van der Waals surface area contributed by atoms with Gasteiger partial charge in [-0.1, -0.05) is 135 Å². The summed E-state index contributed by atoms with van der Waals surface area (Å²) in [6, 6.07) is 46.0. The number of carbonyl (C=O) groups is 1. The van der Waals surface area contributed by atoms with E-state index >= 15 is 0 Å². The molecule has 0 radical (unpaired) electrons. The number of nitriles is 1. The third kappa shape index (κ3) is 20.7. The zero-order chi connectivity index (χ0) is 38.6. The quantitative estimate of drug-likeness (QED) is 0.0998. The second kappa shape index (κ2) is 24.0. The van der Waals surface area contributed by atoms with Gasteiger partial charge in [0.2, 0.25) is 0 Å². The Morgan fingerprint density at radius 1 is 0.577 bits per heavy atom. The number of rotatable bonds is 4. The van der Waals surface area contributed by atoms with Crippen LogP contribution >= 0.6 is 111 Å². The van der Waals surface area contributed by atoms with Gasteiger partial charge in [0.1, 0.15) is 0 Å². The summed E-state index contributed by atoms with van der Waals surface area (Å²) in [5.41, 5.74) is 4.12. The van der Waals surface area contributed by atoms with E-state index in [4.69, 9.17) is 94.2 Å². The summed E-state index contributed by atoms with van der Waals surface area (Å²) in [4.78, 5) is 24.6. The van der Waals surface area contributed by atoms with Crippen molar-refractivity contribution in [1.82, 2.24) is 15.0 Å². The molecule has 6 rings (SSSR count). The summed E-state index contributed by atoms with van der Waals surface area (Å²) in [6.45, 7) is 0. The Kier molecular flexibility index (Phi) is 21.5. The number of benzene rings is 5. The van der Waals surface area contributed by atoms with Crippen molar-refractivity contribution < 1.29 is 4.79 Å². The van der Waals surface area contributed by atoms with E-state index in [-0.39, 0.29) is 5.34 Å². The number of hydrogen-bond acceptors (Lipinski definition) is 5. The Hall–Kier alpha value is -1.63. The van der Waals surface area contributed by atoms with E-state index in [1.54, 1.807) is 30.3 Å². The average Bonchev–Trinajstić information content (AvgIpc) is 3.12. The molecule has 6 aromatic rings. The first-order valence-electron chi connectivity index (χ1n) is 14.3. The monoisotopic (exact) mass is 1090 g/mol. The van der Waals surface area contributed by atoms with Crippen molar-refractivity contribution in [2.75, 3.05) is 5.34 Å². The van der Waals surface area contributed by atoms with Crippen molar-refractivity contribution in [3.8, 4) is 40.2 Å². The first kappa shape index (κ1) is 46.5. The van der Waals surface area contributed by atoms with Gasteiger partial charge in [0.25, 0.3) is 5.24 Å². The van der Waals surface area contributed by atoms with Crippen molar-refractivity contribution in [2.45, 2.75) is 0 Å². The van der Waals surface area contributed by atoms with Crippen LogP contribution in [0.1, 0.15) is 15.9 Å². The molecule has 52 heavy (non-hydrogen) atoms. The fourth-order valence-corrected chi connectivity index (χ4v) is 4.60. The van der Waals surface area contributed by atoms with Gasteiger partial charge in [-0.2, -0.15) is 5.26 Å². The predicted octanol–water partition coefficient (Wildman–Crippen LogP) is 14.5. The molecule has 0 spiro atoms. The number of aromatic nitrogens is 3. The van der Waals surface area contributed by atoms with Crippen LogP contribution in [-0.4, -0.2) is 37.2 Å². The summed E-state index contributed by atoms with van der Waals surface area (Å²) >= 11 is 17.1. The van der Waals surface area contributed by atoms with Gasteiger partial charge in [-0.05, 0) is 48.0 Å². The molecule has 16 heteroatoms. The molecule has 0 atom stereocenters. The molecule has 0 bridgehead atoms. The van der Waals surface area contributed by atoms with Crippen molar-refractivity contribution >= 4 is 128 Å². The summed E-state index contributed by atoms with van der Waals surface area (Å²) in [5, 5.41) is 8.05. The molecule has 0 N–H and O–H groups in total. The molecule has 0 saturated carbocycles. The summed E-state index contributed by atoms with van der Waals surface area (Å²) in [6.07, 6.45) is 0.